The number of alkyl halides is 2. The van der Waals surface area contributed by atoms with Crippen LogP contribution in [-0.4, -0.2) is 12.0 Å². The van der Waals surface area contributed by atoms with E-state index in [1.165, 1.54) is 13.8 Å². The Labute approximate surface area is 46.9 Å². The van der Waals surface area contributed by atoms with Crippen molar-refractivity contribution in [3.63, 3.8) is 0 Å². The molecule has 0 radical (unpaired) electrons. The molecule has 0 aliphatic heterocycles. The summed E-state index contributed by atoms with van der Waals surface area (Å²) in [6.07, 6.45) is 0. The molecule has 8 heavy (non-hydrogen) atoms. The monoisotopic (exact) mass is 121 g/mol. The van der Waals surface area contributed by atoms with Gasteiger partial charge in [0.05, 0.1) is 11.5 Å². The van der Waals surface area contributed by atoms with Crippen LogP contribution in [0, 0.1) is 5.41 Å². The molecule has 0 aromatic rings. The molecule has 0 aromatic heterocycles. The van der Waals surface area contributed by atoms with Crippen molar-refractivity contribution in [1.82, 2.24) is 0 Å². The molecule has 0 amide bonds. The van der Waals surface area contributed by atoms with Gasteiger partial charge in [0.2, 0.25) is 0 Å². The zero-order valence-corrected chi connectivity index (χ0v) is 4.91. The third-order valence-corrected chi connectivity index (χ3v) is 1.94. The van der Waals surface area contributed by atoms with Crippen LogP contribution in [0.5, 0.6) is 0 Å². The SMILES string of the molecule is CC1(C)C(N)C1(F)F. The summed E-state index contributed by atoms with van der Waals surface area (Å²) < 4.78 is 24.4. The second-order valence-corrected chi connectivity index (χ2v) is 2.82. The van der Waals surface area contributed by atoms with E-state index in [1.807, 2.05) is 0 Å². The summed E-state index contributed by atoms with van der Waals surface area (Å²) in [5.74, 6) is -2.62. The van der Waals surface area contributed by atoms with Crippen LogP contribution < -0.4 is 5.73 Å². The molecule has 1 aliphatic carbocycles. The highest BCUT2D eigenvalue weighted by Crippen LogP contribution is 2.58. The maximum atomic E-state index is 12.2. The Bertz CT molecular complexity index is 106. The summed E-state index contributed by atoms with van der Waals surface area (Å²) in [6, 6.07) is -0.921. The largest absolute Gasteiger partial charge is 0.322 e. The Hall–Kier alpha value is -0.180. The molecule has 0 spiro atoms. The van der Waals surface area contributed by atoms with Gasteiger partial charge in [0.25, 0.3) is 5.92 Å². The Morgan fingerprint density at radius 3 is 1.50 bits per heavy atom. The molecule has 1 aliphatic rings. The Morgan fingerprint density at radius 1 is 1.38 bits per heavy atom. The zero-order chi connectivity index (χ0) is 6.58. The molecule has 0 saturated heterocycles. The molecule has 3 heteroatoms. The summed E-state index contributed by atoms with van der Waals surface area (Å²) >= 11 is 0. The van der Waals surface area contributed by atoms with Gasteiger partial charge in [-0.1, -0.05) is 13.8 Å². The second-order valence-electron chi connectivity index (χ2n) is 2.82. The number of hydrogen-bond donors (Lipinski definition) is 1. The minimum absolute atomic E-state index is 0.921. The molecule has 1 unspecified atom stereocenters. The fourth-order valence-electron chi connectivity index (χ4n) is 0.695. The maximum absolute atomic E-state index is 12.2. The average Bonchev–Trinajstić information content (AvgIpc) is 1.88. The third kappa shape index (κ3) is 0.382. The van der Waals surface area contributed by atoms with E-state index < -0.39 is 17.4 Å². The Balaban J connectivity index is 2.72. The predicted molar refractivity (Wildman–Crippen MR) is 26.7 cm³/mol. The quantitative estimate of drug-likeness (QED) is 0.508. The first-order chi connectivity index (χ1) is 3.40. The van der Waals surface area contributed by atoms with Gasteiger partial charge < -0.3 is 5.73 Å². The lowest BCUT2D eigenvalue weighted by atomic mass is 10.2. The summed E-state index contributed by atoms with van der Waals surface area (Å²) in [7, 11) is 0. The lowest BCUT2D eigenvalue weighted by Gasteiger charge is -1.95. The molecule has 1 rings (SSSR count). The standard InChI is InChI=1S/C5H9F2N/c1-4(2)3(8)5(4,6)7/h3H,8H2,1-2H3. The minimum atomic E-state index is -2.62. The first kappa shape index (κ1) is 5.95. The number of hydrogen-bond acceptors (Lipinski definition) is 1. The summed E-state index contributed by atoms with van der Waals surface area (Å²) in [6.45, 7) is 2.94. The fourth-order valence-corrected chi connectivity index (χ4v) is 0.695. The molecular formula is C5H9F2N. The highest BCUT2D eigenvalue weighted by molar-refractivity contribution is 5.17. The molecule has 0 aromatic carbocycles. The maximum Gasteiger partial charge on any atom is 0.270 e. The van der Waals surface area contributed by atoms with Gasteiger partial charge in [-0.05, 0) is 0 Å². The van der Waals surface area contributed by atoms with Gasteiger partial charge in [-0.25, -0.2) is 8.78 Å². The summed E-state index contributed by atoms with van der Waals surface area (Å²) in [5, 5.41) is 0. The van der Waals surface area contributed by atoms with Crippen molar-refractivity contribution in [1.29, 1.82) is 0 Å². The molecule has 0 bridgehead atoms. The highest BCUT2D eigenvalue weighted by Gasteiger charge is 2.73. The first-order valence-electron chi connectivity index (χ1n) is 2.54. The average molecular weight is 121 g/mol. The lowest BCUT2D eigenvalue weighted by Crippen LogP contribution is -2.09. The van der Waals surface area contributed by atoms with Crippen LogP contribution in [0.15, 0.2) is 0 Å². The van der Waals surface area contributed by atoms with Crippen LogP contribution in [0.2, 0.25) is 0 Å². The van der Waals surface area contributed by atoms with Crippen LogP contribution in [0.25, 0.3) is 0 Å². The van der Waals surface area contributed by atoms with Crippen molar-refractivity contribution in [3.05, 3.63) is 0 Å². The first-order valence-corrected chi connectivity index (χ1v) is 2.54. The predicted octanol–water partition coefficient (Wildman–Crippen LogP) is 0.989. The van der Waals surface area contributed by atoms with E-state index >= 15 is 0 Å². The van der Waals surface area contributed by atoms with E-state index in [0.717, 1.165) is 0 Å². The highest BCUT2D eigenvalue weighted by atomic mass is 19.3. The van der Waals surface area contributed by atoms with Crippen molar-refractivity contribution < 1.29 is 8.78 Å². The number of nitrogens with two attached hydrogens (primary N) is 1. The van der Waals surface area contributed by atoms with E-state index in [1.54, 1.807) is 0 Å². The van der Waals surface area contributed by atoms with Crippen LogP contribution in [-0.2, 0) is 0 Å². The van der Waals surface area contributed by atoms with Crippen LogP contribution >= 0.6 is 0 Å². The third-order valence-electron chi connectivity index (χ3n) is 1.94. The van der Waals surface area contributed by atoms with E-state index in [0.29, 0.717) is 0 Å². The fraction of sp³-hybridized carbons (Fsp3) is 1.00. The van der Waals surface area contributed by atoms with Crippen molar-refractivity contribution >= 4 is 0 Å². The van der Waals surface area contributed by atoms with Crippen molar-refractivity contribution in [3.8, 4) is 0 Å². The van der Waals surface area contributed by atoms with Gasteiger partial charge in [0, 0.05) is 0 Å². The second kappa shape index (κ2) is 1.05. The zero-order valence-electron chi connectivity index (χ0n) is 4.91. The minimum Gasteiger partial charge on any atom is -0.322 e. The van der Waals surface area contributed by atoms with Gasteiger partial charge in [0.15, 0.2) is 0 Å². The van der Waals surface area contributed by atoms with Crippen molar-refractivity contribution in [2.75, 3.05) is 0 Å². The van der Waals surface area contributed by atoms with Crippen LogP contribution in [0.3, 0.4) is 0 Å². The molecule has 0 heterocycles. The molecule has 1 atom stereocenters. The molecule has 48 valence electrons. The van der Waals surface area contributed by atoms with Gasteiger partial charge in [0.1, 0.15) is 0 Å². The molecular weight excluding hydrogens is 112 g/mol. The normalized spacial score (nSPS) is 39.4. The van der Waals surface area contributed by atoms with Crippen LogP contribution in [0.1, 0.15) is 13.8 Å². The summed E-state index contributed by atoms with van der Waals surface area (Å²) in [5.41, 5.74) is 4.08. The van der Waals surface area contributed by atoms with Gasteiger partial charge in [-0.15, -0.1) is 0 Å². The van der Waals surface area contributed by atoms with Crippen molar-refractivity contribution in [2.24, 2.45) is 11.1 Å². The van der Waals surface area contributed by atoms with E-state index in [9.17, 15) is 8.78 Å². The lowest BCUT2D eigenvalue weighted by molar-refractivity contribution is 0.0730. The van der Waals surface area contributed by atoms with Gasteiger partial charge >= 0.3 is 0 Å². The summed E-state index contributed by atoms with van der Waals surface area (Å²) in [4.78, 5) is 0. The van der Waals surface area contributed by atoms with E-state index in [4.69, 9.17) is 5.73 Å². The van der Waals surface area contributed by atoms with Gasteiger partial charge in [-0.3, -0.25) is 0 Å². The number of halogens is 2. The van der Waals surface area contributed by atoms with E-state index in [-0.39, 0.29) is 0 Å². The number of rotatable bonds is 0. The van der Waals surface area contributed by atoms with Crippen LogP contribution in [0.4, 0.5) is 8.78 Å². The van der Waals surface area contributed by atoms with E-state index in [2.05, 4.69) is 0 Å². The Kier molecular flexibility index (Phi) is 0.782. The molecule has 1 saturated carbocycles. The molecule has 1 nitrogen and oxygen atoms in total. The smallest absolute Gasteiger partial charge is 0.270 e. The molecule has 2 N–H and O–H groups in total. The Morgan fingerprint density at radius 2 is 1.50 bits per heavy atom. The topological polar surface area (TPSA) is 26.0 Å². The molecule has 1 fully saturated rings. The van der Waals surface area contributed by atoms with Gasteiger partial charge in [-0.2, -0.15) is 0 Å². The van der Waals surface area contributed by atoms with Crippen molar-refractivity contribution in [2.45, 2.75) is 25.8 Å².